The van der Waals surface area contributed by atoms with Crippen LogP contribution in [0.15, 0.2) is 0 Å². The average Bonchev–Trinajstić information content (AvgIpc) is 3.02. The second kappa shape index (κ2) is 33.9. The van der Waals surface area contributed by atoms with E-state index in [-0.39, 0.29) is 9.90 Å². The SMILES string of the molecule is CC(C)N(C(=N)N(C(C)C)C(C)C)C(C)C.CC(C)N(C(=N)N(C(C)C)C(C)C)C(C)C.CC(C)N(C(=N)N(C(C)C)C(C)C)C(C)C.CC(C)N(C(=N)N(C(C)C)C(C)C)C(C)C.P. The fourth-order valence-electron chi connectivity index (χ4n) is 9.22. The van der Waals surface area contributed by atoms with E-state index in [0.717, 1.165) is 0 Å². The highest BCUT2D eigenvalue weighted by Crippen LogP contribution is 2.18. The maximum Gasteiger partial charge on any atom is 0.194 e. The van der Waals surface area contributed by atoms with Gasteiger partial charge in [-0.3, -0.25) is 21.6 Å². The van der Waals surface area contributed by atoms with Crippen LogP contribution in [-0.2, 0) is 0 Å². The summed E-state index contributed by atoms with van der Waals surface area (Å²) in [6, 6.07) is 5.89. The van der Waals surface area contributed by atoms with Gasteiger partial charge in [0.25, 0.3) is 0 Å². The summed E-state index contributed by atoms with van der Waals surface area (Å²) in [4.78, 5) is 17.3. The first kappa shape index (κ1) is 71.5. The summed E-state index contributed by atoms with van der Waals surface area (Å²) in [7, 11) is 0. The third-order valence-corrected chi connectivity index (χ3v) is 10.9. The van der Waals surface area contributed by atoms with Crippen molar-refractivity contribution in [2.24, 2.45) is 0 Å². The molecular weight excluding hydrogens is 824 g/mol. The Bertz CT molecular complexity index is 924. The molecule has 0 heterocycles. The van der Waals surface area contributed by atoms with Crippen molar-refractivity contribution in [3.63, 3.8) is 0 Å². The van der Waals surface area contributed by atoms with Gasteiger partial charge in [0.2, 0.25) is 0 Å². The van der Waals surface area contributed by atoms with Crippen molar-refractivity contribution in [3.05, 3.63) is 0 Å². The molecule has 4 N–H and O–H groups in total. The van der Waals surface area contributed by atoms with Crippen molar-refractivity contribution in [3.8, 4) is 0 Å². The second-order valence-electron chi connectivity index (χ2n) is 22.1. The van der Waals surface area contributed by atoms with Gasteiger partial charge in [0.15, 0.2) is 23.8 Å². The molecule has 0 rings (SSSR count). The average molecular weight is 944 g/mol. The molecule has 1 unspecified atom stereocenters. The van der Waals surface area contributed by atoms with Crippen molar-refractivity contribution >= 4 is 33.7 Å². The zero-order valence-corrected chi connectivity index (χ0v) is 50.9. The quantitative estimate of drug-likeness (QED) is 0.0686. The van der Waals surface area contributed by atoms with E-state index in [4.69, 9.17) is 21.6 Å². The van der Waals surface area contributed by atoms with Gasteiger partial charge < -0.3 is 39.2 Å². The highest BCUT2D eigenvalue weighted by atomic mass is 31.0. The van der Waals surface area contributed by atoms with Crippen LogP contribution >= 0.6 is 9.90 Å². The molecule has 0 aliphatic carbocycles. The van der Waals surface area contributed by atoms with Gasteiger partial charge in [0.1, 0.15) is 0 Å². The molecule has 0 aliphatic heterocycles. The Morgan fingerprint density at radius 2 is 0.215 bits per heavy atom. The predicted molar refractivity (Wildman–Crippen MR) is 299 cm³/mol. The molecule has 0 amide bonds. The van der Waals surface area contributed by atoms with Gasteiger partial charge in [-0.15, -0.1) is 0 Å². The Morgan fingerprint density at radius 3 is 0.246 bits per heavy atom. The van der Waals surface area contributed by atoms with E-state index in [0.29, 0.717) is 121 Å². The number of hydrogen-bond acceptors (Lipinski definition) is 4. The highest BCUT2D eigenvalue weighted by molar-refractivity contribution is 6.92. The minimum absolute atomic E-state index is 0. The standard InChI is InChI=1S/4C13H29N3.H3P/c4*1-9(2)15(10(3)4)13(14)16(11(5)6)12(7)8;/h4*9-12,14H,1-8H3;1H3. The van der Waals surface area contributed by atoms with Gasteiger partial charge in [0.05, 0.1) is 0 Å². The summed E-state index contributed by atoms with van der Waals surface area (Å²) in [6.45, 7) is 68.7. The lowest BCUT2D eigenvalue weighted by atomic mass is 10.2. The van der Waals surface area contributed by atoms with E-state index in [1.807, 2.05) is 0 Å². The lowest BCUT2D eigenvalue weighted by Crippen LogP contribution is -2.54. The number of guanidine groups is 4. The Labute approximate surface area is 411 Å². The number of hydrogen-bond donors (Lipinski definition) is 4. The zero-order valence-electron chi connectivity index (χ0n) is 49.5. The smallest absolute Gasteiger partial charge is 0.194 e. The van der Waals surface area contributed by atoms with Crippen molar-refractivity contribution < 1.29 is 0 Å². The second-order valence-corrected chi connectivity index (χ2v) is 22.1. The summed E-state index contributed by atoms with van der Waals surface area (Å²) in [5, 5.41) is 33.5. The Balaban J connectivity index is -0.000000245. The lowest BCUT2D eigenvalue weighted by Gasteiger charge is -2.42. The van der Waals surface area contributed by atoms with E-state index in [9.17, 15) is 0 Å². The summed E-state index contributed by atoms with van der Waals surface area (Å²) >= 11 is 0. The third-order valence-electron chi connectivity index (χ3n) is 10.9. The van der Waals surface area contributed by atoms with E-state index < -0.39 is 0 Å². The van der Waals surface area contributed by atoms with Crippen molar-refractivity contribution in [2.45, 2.75) is 318 Å². The predicted octanol–water partition coefficient (Wildman–Crippen LogP) is 12.7. The Kier molecular flexibility index (Phi) is 37.3. The van der Waals surface area contributed by atoms with Crippen molar-refractivity contribution in [2.75, 3.05) is 0 Å². The minimum Gasteiger partial charge on any atom is -0.338 e. The van der Waals surface area contributed by atoms with Gasteiger partial charge in [0, 0.05) is 96.7 Å². The van der Waals surface area contributed by atoms with E-state index >= 15 is 0 Å². The monoisotopic (exact) mass is 943 g/mol. The molecule has 12 nitrogen and oxygen atoms in total. The Morgan fingerprint density at radius 1 is 0.169 bits per heavy atom. The van der Waals surface area contributed by atoms with E-state index in [1.54, 1.807) is 0 Å². The first-order chi connectivity index (χ1) is 28.8. The van der Waals surface area contributed by atoms with Crippen LogP contribution in [0.2, 0.25) is 0 Å². The molecule has 0 radical (unpaired) electrons. The van der Waals surface area contributed by atoms with Crippen LogP contribution < -0.4 is 0 Å². The largest absolute Gasteiger partial charge is 0.338 e. The lowest BCUT2D eigenvalue weighted by molar-refractivity contribution is 0.197. The van der Waals surface area contributed by atoms with Crippen LogP contribution in [0.1, 0.15) is 222 Å². The van der Waals surface area contributed by atoms with Crippen LogP contribution in [0.25, 0.3) is 0 Å². The number of rotatable bonds is 16. The highest BCUT2D eigenvalue weighted by Gasteiger charge is 2.29. The third kappa shape index (κ3) is 24.9. The number of nitrogens with one attached hydrogen (secondary N) is 4. The van der Waals surface area contributed by atoms with E-state index in [1.165, 1.54) is 0 Å². The topological polar surface area (TPSA) is 121 Å². The summed E-state index contributed by atoms with van der Waals surface area (Å²) in [5.41, 5.74) is 0. The van der Waals surface area contributed by atoms with Crippen LogP contribution in [0.5, 0.6) is 0 Å². The molecule has 1 atom stereocenters. The molecule has 13 heteroatoms. The summed E-state index contributed by atoms with van der Waals surface area (Å²) < 4.78 is 0. The molecule has 65 heavy (non-hydrogen) atoms. The van der Waals surface area contributed by atoms with Crippen LogP contribution in [0.4, 0.5) is 0 Å². The Hall–Kier alpha value is -2.49. The fourth-order valence-corrected chi connectivity index (χ4v) is 9.22. The maximum absolute atomic E-state index is 8.38. The van der Waals surface area contributed by atoms with Crippen LogP contribution in [0, 0.1) is 21.6 Å². The van der Waals surface area contributed by atoms with Crippen molar-refractivity contribution in [1.29, 1.82) is 21.6 Å². The molecule has 0 aromatic carbocycles. The maximum atomic E-state index is 8.38. The van der Waals surface area contributed by atoms with E-state index in [2.05, 4.69) is 261 Å². The van der Waals surface area contributed by atoms with Crippen LogP contribution in [-0.4, -0.2) is 160 Å². The normalized spacial score (nSPS) is 11.6. The molecular formula is C52H119N12P. The van der Waals surface area contributed by atoms with Gasteiger partial charge >= 0.3 is 0 Å². The van der Waals surface area contributed by atoms with Gasteiger partial charge in [-0.05, 0) is 222 Å². The van der Waals surface area contributed by atoms with Crippen LogP contribution in [0.3, 0.4) is 0 Å². The zero-order chi connectivity index (χ0) is 52.2. The van der Waals surface area contributed by atoms with Crippen molar-refractivity contribution in [1.82, 2.24) is 39.2 Å². The van der Waals surface area contributed by atoms with Gasteiger partial charge in [-0.25, -0.2) is 0 Å². The molecule has 0 saturated carbocycles. The molecule has 0 aromatic rings. The molecule has 0 aromatic heterocycles. The summed E-state index contributed by atoms with van der Waals surface area (Å²) in [6.07, 6.45) is 0. The first-order valence-electron chi connectivity index (χ1n) is 25.4. The van der Waals surface area contributed by atoms with Gasteiger partial charge in [-0.1, -0.05) is 0 Å². The number of nitrogens with zero attached hydrogens (tertiary/aromatic N) is 8. The molecule has 0 spiro atoms. The molecule has 0 saturated heterocycles. The first-order valence-corrected chi connectivity index (χ1v) is 25.4. The molecule has 0 bridgehead atoms. The summed E-state index contributed by atoms with van der Waals surface area (Å²) in [5.74, 6) is 2.59. The minimum atomic E-state index is 0. The van der Waals surface area contributed by atoms with Gasteiger partial charge in [-0.2, -0.15) is 9.90 Å². The molecule has 0 fully saturated rings. The molecule has 0 aliphatic rings. The molecule has 392 valence electrons. The fraction of sp³-hybridized carbons (Fsp3) is 0.923.